The van der Waals surface area contributed by atoms with Crippen LogP contribution in [0.4, 0.5) is 0 Å². The first-order valence-electron chi connectivity index (χ1n) is 4.58. The average Bonchev–Trinajstić information content (AvgIpc) is 1.96. The molecule has 0 amide bonds. The van der Waals surface area contributed by atoms with E-state index in [1.807, 2.05) is 0 Å². The Labute approximate surface area is 79.3 Å². The van der Waals surface area contributed by atoms with E-state index in [0.717, 1.165) is 19.8 Å². The summed E-state index contributed by atoms with van der Waals surface area (Å²) in [6.45, 7) is 7.02. The minimum absolute atomic E-state index is 0.574. The van der Waals surface area contributed by atoms with Gasteiger partial charge in [-0.25, -0.2) is 0 Å². The summed E-state index contributed by atoms with van der Waals surface area (Å²) in [5, 5.41) is 4.52. The van der Waals surface area contributed by atoms with Crippen LogP contribution in [0.2, 0.25) is 5.09 Å². The summed E-state index contributed by atoms with van der Waals surface area (Å²) in [5.74, 6) is 0. The summed E-state index contributed by atoms with van der Waals surface area (Å²) in [4.78, 5) is 0. The summed E-state index contributed by atoms with van der Waals surface area (Å²) in [5.41, 5.74) is 0. The van der Waals surface area contributed by atoms with E-state index in [0.29, 0.717) is 6.04 Å². The van der Waals surface area contributed by atoms with Crippen molar-refractivity contribution in [1.29, 1.82) is 0 Å². The summed E-state index contributed by atoms with van der Waals surface area (Å²) in [6.07, 6.45) is 1.18. The van der Waals surface area contributed by atoms with E-state index < -0.39 is 0 Å². The topological polar surface area (TPSA) is 21.3 Å². The van der Waals surface area contributed by atoms with Gasteiger partial charge in [-0.05, 0) is 0 Å². The molecule has 0 saturated heterocycles. The van der Waals surface area contributed by atoms with Crippen LogP contribution in [0, 0.1) is 0 Å². The molecular weight excluding hydrogens is 133 g/mol. The van der Waals surface area contributed by atoms with E-state index >= 15 is 0 Å². The maximum absolute atomic E-state index is 5.36. The van der Waals surface area contributed by atoms with Crippen molar-refractivity contribution in [3.63, 3.8) is 0 Å². The van der Waals surface area contributed by atoms with Crippen LogP contribution in [0.25, 0.3) is 0 Å². The van der Waals surface area contributed by atoms with Gasteiger partial charge in [-0.15, -0.1) is 0 Å². The van der Waals surface area contributed by atoms with Crippen molar-refractivity contribution in [3.05, 3.63) is 0 Å². The Morgan fingerprint density at radius 2 is 2.09 bits per heavy atom. The zero-order chi connectivity index (χ0) is 8.53. The summed E-state index contributed by atoms with van der Waals surface area (Å²) in [6, 6.07) is 0.574. The second-order valence-corrected chi connectivity index (χ2v) is 3.07. The molecule has 0 unspecified atom stereocenters. The first-order chi connectivity index (χ1) is 5.27. The van der Waals surface area contributed by atoms with Crippen molar-refractivity contribution in [1.82, 2.24) is 5.32 Å². The zero-order valence-corrected chi connectivity index (χ0v) is 8.02. The van der Waals surface area contributed by atoms with Crippen molar-refractivity contribution in [2.75, 3.05) is 19.8 Å². The van der Waals surface area contributed by atoms with Crippen LogP contribution in [0.5, 0.6) is 0 Å². The molecule has 3 heteroatoms. The molecule has 0 aromatic rings. The van der Waals surface area contributed by atoms with Gasteiger partial charge in [0.1, 0.15) is 0 Å². The van der Waals surface area contributed by atoms with Crippen LogP contribution in [-0.4, -0.2) is 43.5 Å². The minimum atomic E-state index is 0.574. The first-order valence-corrected chi connectivity index (χ1v) is 4.58. The predicted molar refractivity (Wildman–Crippen MR) is 49.1 cm³/mol. The van der Waals surface area contributed by atoms with Gasteiger partial charge in [-0.2, -0.15) is 0 Å². The average molecular weight is 151 g/mol. The molecule has 0 aliphatic carbocycles. The van der Waals surface area contributed by atoms with Gasteiger partial charge in [0, 0.05) is 0 Å². The molecule has 0 aliphatic heterocycles. The quantitative estimate of drug-likeness (QED) is 0.432. The molecule has 0 radical (unpaired) electrons. The van der Waals surface area contributed by atoms with E-state index in [1.54, 1.807) is 0 Å². The van der Waals surface area contributed by atoms with Gasteiger partial charge in [-0.3, -0.25) is 0 Å². The Bertz CT molecular complexity index is 78.5. The van der Waals surface area contributed by atoms with Gasteiger partial charge in [0.25, 0.3) is 0 Å². The molecule has 0 heterocycles. The van der Waals surface area contributed by atoms with Crippen molar-refractivity contribution in [3.8, 4) is 0 Å². The predicted octanol–water partition coefficient (Wildman–Crippen LogP) is 0.978. The fraction of sp³-hybridized carbons (Fsp3) is 1.00. The van der Waals surface area contributed by atoms with Crippen LogP contribution in [0.15, 0.2) is 0 Å². The van der Waals surface area contributed by atoms with E-state index in [9.17, 15) is 0 Å². The molecule has 0 atom stereocenters. The van der Waals surface area contributed by atoms with Crippen molar-refractivity contribution >= 4 is 17.7 Å². The Kier molecular flexibility index (Phi) is 9.02. The van der Waals surface area contributed by atoms with E-state index in [2.05, 4.69) is 36.9 Å². The third kappa shape index (κ3) is 10.5. The third-order valence-electron chi connectivity index (χ3n) is 1.44. The zero-order valence-electron chi connectivity index (χ0n) is 8.02. The van der Waals surface area contributed by atoms with Gasteiger partial charge in [0.15, 0.2) is 0 Å². The number of ether oxygens (including phenoxy) is 1. The number of rotatable bonds is 7. The normalized spacial score (nSPS) is 11.0. The van der Waals surface area contributed by atoms with E-state index in [4.69, 9.17) is 4.74 Å². The van der Waals surface area contributed by atoms with Crippen LogP contribution < -0.4 is 5.32 Å². The second-order valence-electron chi connectivity index (χ2n) is 3.07. The third-order valence-corrected chi connectivity index (χ3v) is 1.44. The van der Waals surface area contributed by atoms with Gasteiger partial charge < -0.3 is 0 Å². The van der Waals surface area contributed by atoms with Crippen molar-refractivity contribution < 1.29 is 4.74 Å². The molecule has 0 aromatic heterocycles. The monoisotopic (exact) mass is 151 g/mol. The molecule has 0 rings (SSSR count). The molecule has 0 spiro atoms. The van der Waals surface area contributed by atoms with Crippen LogP contribution in [-0.2, 0) is 4.74 Å². The molecule has 0 fully saturated rings. The van der Waals surface area contributed by atoms with Gasteiger partial charge in [0.05, 0.1) is 0 Å². The fourth-order valence-electron chi connectivity index (χ4n) is 0.768. The number of hydrogen-bond donors (Lipinski definition) is 1. The van der Waals surface area contributed by atoms with Gasteiger partial charge >= 0.3 is 78.9 Å². The fourth-order valence-corrected chi connectivity index (χ4v) is 0.768. The number of hydrogen-bond acceptors (Lipinski definition) is 2. The Morgan fingerprint density at radius 1 is 1.36 bits per heavy atom. The molecule has 0 bridgehead atoms. The van der Waals surface area contributed by atoms with Crippen LogP contribution in [0.1, 0.15) is 20.3 Å². The Hall–Kier alpha value is 0.517. The van der Waals surface area contributed by atoms with E-state index in [1.165, 1.54) is 11.5 Å². The standard InChI is InChI=1S/C8H18NO.Li/c1-4-6-10-7-5-9-8(2)3;/h8-9H,1,4-7H2,2-3H3;. The summed E-state index contributed by atoms with van der Waals surface area (Å²) >= 11 is 2.18. The van der Waals surface area contributed by atoms with Gasteiger partial charge in [-0.1, -0.05) is 0 Å². The molecule has 62 valence electrons. The summed E-state index contributed by atoms with van der Waals surface area (Å²) in [7, 11) is 0. The summed E-state index contributed by atoms with van der Waals surface area (Å²) < 4.78 is 5.36. The molecule has 1 N–H and O–H groups in total. The first kappa shape index (κ1) is 11.5. The molecule has 2 nitrogen and oxygen atoms in total. The maximum atomic E-state index is 5.36. The molecule has 0 saturated carbocycles. The molecule has 11 heavy (non-hydrogen) atoms. The van der Waals surface area contributed by atoms with Gasteiger partial charge in [0.2, 0.25) is 0 Å². The van der Waals surface area contributed by atoms with Crippen molar-refractivity contribution in [2.24, 2.45) is 0 Å². The Balaban J connectivity index is 2.80. The van der Waals surface area contributed by atoms with Crippen LogP contribution >= 0.6 is 0 Å². The number of nitrogens with one attached hydrogen (secondary N) is 1. The van der Waals surface area contributed by atoms with Crippen LogP contribution in [0.3, 0.4) is 0 Å². The van der Waals surface area contributed by atoms with E-state index in [-0.39, 0.29) is 0 Å². The second kappa shape index (κ2) is 8.61. The Morgan fingerprint density at radius 3 is 2.64 bits per heavy atom. The SMILES string of the molecule is [Li][CH2]CCOCCNC(C)C. The van der Waals surface area contributed by atoms with Crippen molar-refractivity contribution in [2.45, 2.75) is 31.4 Å². The molecule has 0 aliphatic rings. The molecular formula is C8H18LiNO. The molecule has 0 aromatic carbocycles.